The third kappa shape index (κ3) is 1.80. The monoisotopic (exact) mass is 251 g/mol. The number of carboxylic acid groups (broad SMARTS) is 1. The van der Waals surface area contributed by atoms with E-state index in [4.69, 9.17) is 0 Å². The number of carboxylic acids is 1. The molecule has 2 aromatic carbocycles. The molecule has 0 aliphatic heterocycles. The van der Waals surface area contributed by atoms with Crippen LogP contribution in [-0.2, 0) is 0 Å². The van der Waals surface area contributed by atoms with E-state index in [9.17, 15) is 9.90 Å². The lowest BCUT2D eigenvalue weighted by molar-refractivity contribution is 0.0688. The van der Waals surface area contributed by atoms with Crippen molar-refractivity contribution in [2.24, 2.45) is 0 Å². The molecule has 0 saturated heterocycles. The largest absolute Gasteiger partial charge is 0.477 e. The molecule has 0 amide bonds. The first-order valence-corrected chi connectivity index (χ1v) is 6.08. The van der Waals surface area contributed by atoms with Gasteiger partial charge in [-0.3, -0.25) is 0 Å². The molecule has 0 atom stereocenters. The number of benzene rings is 2. The number of aromatic carboxylic acids is 1. The van der Waals surface area contributed by atoms with Crippen LogP contribution in [0.2, 0.25) is 0 Å². The fourth-order valence-electron chi connectivity index (χ4n) is 2.39. The highest BCUT2D eigenvalue weighted by Gasteiger charge is 2.16. The summed E-state index contributed by atoms with van der Waals surface area (Å²) in [5.41, 5.74) is 3.15. The minimum atomic E-state index is -0.917. The van der Waals surface area contributed by atoms with Crippen LogP contribution in [0.25, 0.3) is 16.6 Å². The smallest absolute Gasteiger partial charge is 0.352 e. The highest BCUT2D eigenvalue weighted by Crippen LogP contribution is 2.26. The molecule has 1 N–H and O–H groups in total. The fourth-order valence-corrected chi connectivity index (χ4v) is 2.39. The molecule has 0 saturated carbocycles. The normalized spacial score (nSPS) is 10.8. The molecule has 3 heteroatoms. The van der Waals surface area contributed by atoms with Crippen molar-refractivity contribution in [2.75, 3.05) is 0 Å². The lowest BCUT2D eigenvalue weighted by Crippen LogP contribution is -2.07. The summed E-state index contributed by atoms with van der Waals surface area (Å²) in [6, 6.07) is 17.2. The van der Waals surface area contributed by atoms with E-state index in [-0.39, 0.29) is 5.69 Å². The minimum Gasteiger partial charge on any atom is -0.477 e. The van der Waals surface area contributed by atoms with E-state index in [1.165, 1.54) is 0 Å². The van der Waals surface area contributed by atoms with Crippen molar-refractivity contribution in [2.45, 2.75) is 6.92 Å². The SMILES string of the molecule is Cc1ccccc1-n1c(C(=O)O)cc2ccccc21. The third-order valence-corrected chi connectivity index (χ3v) is 3.29. The van der Waals surface area contributed by atoms with Gasteiger partial charge in [0, 0.05) is 11.1 Å². The number of hydrogen-bond acceptors (Lipinski definition) is 1. The highest BCUT2D eigenvalue weighted by molar-refractivity contribution is 5.96. The van der Waals surface area contributed by atoms with Gasteiger partial charge in [0.2, 0.25) is 0 Å². The molecule has 0 bridgehead atoms. The standard InChI is InChI=1S/C16H13NO2/c1-11-6-2-4-8-13(11)17-14-9-5-3-7-12(14)10-15(17)16(18)19/h2-10H,1H3,(H,18,19). The summed E-state index contributed by atoms with van der Waals surface area (Å²) in [6.45, 7) is 1.98. The first kappa shape index (κ1) is 11.5. The zero-order valence-electron chi connectivity index (χ0n) is 10.5. The van der Waals surface area contributed by atoms with Gasteiger partial charge < -0.3 is 9.67 Å². The van der Waals surface area contributed by atoms with Crippen LogP contribution >= 0.6 is 0 Å². The van der Waals surface area contributed by atoms with Crippen LogP contribution in [0.5, 0.6) is 0 Å². The number of nitrogens with zero attached hydrogens (tertiary/aromatic N) is 1. The molecule has 0 unspecified atom stereocenters. The van der Waals surface area contributed by atoms with Gasteiger partial charge in [-0.1, -0.05) is 36.4 Å². The van der Waals surface area contributed by atoms with E-state index in [2.05, 4.69) is 0 Å². The summed E-state index contributed by atoms with van der Waals surface area (Å²) >= 11 is 0. The van der Waals surface area contributed by atoms with Gasteiger partial charge in [-0.2, -0.15) is 0 Å². The first-order valence-electron chi connectivity index (χ1n) is 6.08. The van der Waals surface area contributed by atoms with E-state index in [0.29, 0.717) is 0 Å². The Morgan fingerprint density at radius 2 is 1.74 bits per heavy atom. The molecule has 0 aliphatic rings. The number of para-hydroxylation sites is 2. The second-order valence-corrected chi connectivity index (χ2v) is 4.52. The zero-order chi connectivity index (χ0) is 13.4. The van der Waals surface area contributed by atoms with Gasteiger partial charge in [0.15, 0.2) is 0 Å². The maximum atomic E-state index is 11.5. The van der Waals surface area contributed by atoms with Crippen molar-refractivity contribution >= 4 is 16.9 Å². The van der Waals surface area contributed by atoms with Gasteiger partial charge in [0.05, 0.1) is 5.52 Å². The average Bonchev–Trinajstić information content (AvgIpc) is 2.79. The van der Waals surface area contributed by atoms with Crippen LogP contribution in [0.4, 0.5) is 0 Å². The van der Waals surface area contributed by atoms with E-state index >= 15 is 0 Å². The first-order chi connectivity index (χ1) is 9.18. The number of fused-ring (bicyclic) bond motifs is 1. The highest BCUT2D eigenvalue weighted by atomic mass is 16.4. The molecule has 0 spiro atoms. The van der Waals surface area contributed by atoms with Crippen LogP contribution in [0.15, 0.2) is 54.6 Å². The number of carbonyl (C=O) groups is 1. The molecule has 0 radical (unpaired) electrons. The topological polar surface area (TPSA) is 42.2 Å². The van der Waals surface area contributed by atoms with Crippen LogP contribution in [0.1, 0.15) is 16.1 Å². The fraction of sp³-hybridized carbons (Fsp3) is 0.0625. The molecule has 3 nitrogen and oxygen atoms in total. The molecule has 3 rings (SSSR count). The summed E-state index contributed by atoms with van der Waals surface area (Å²) in [7, 11) is 0. The van der Waals surface area contributed by atoms with Gasteiger partial charge in [-0.25, -0.2) is 4.79 Å². The van der Waals surface area contributed by atoms with Crippen LogP contribution < -0.4 is 0 Å². The molecule has 1 heterocycles. The van der Waals surface area contributed by atoms with E-state index in [1.54, 1.807) is 10.6 Å². The Bertz CT molecular complexity index is 771. The molecule has 0 fully saturated rings. The number of aryl methyl sites for hydroxylation is 1. The molecule has 1 aromatic heterocycles. The van der Waals surface area contributed by atoms with Crippen LogP contribution in [0.3, 0.4) is 0 Å². The molecule has 0 aliphatic carbocycles. The van der Waals surface area contributed by atoms with E-state index in [1.807, 2.05) is 55.5 Å². The van der Waals surface area contributed by atoms with Crippen molar-refractivity contribution < 1.29 is 9.90 Å². The second-order valence-electron chi connectivity index (χ2n) is 4.52. The quantitative estimate of drug-likeness (QED) is 0.755. The van der Waals surface area contributed by atoms with Gasteiger partial charge in [0.25, 0.3) is 0 Å². The summed E-state index contributed by atoms with van der Waals surface area (Å²) in [6.07, 6.45) is 0. The Morgan fingerprint density at radius 3 is 2.47 bits per heavy atom. The van der Waals surface area contributed by atoms with E-state index in [0.717, 1.165) is 22.2 Å². The third-order valence-electron chi connectivity index (χ3n) is 3.29. The Balaban J connectivity index is 2.42. The van der Waals surface area contributed by atoms with Gasteiger partial charge >= 0.3 is 5.97 Å². The zero-order valence-corrected chi connectivity index (χ0v) is 10.5. The lowest BCUT2D eigenvalue weighted by atomic mass is 10.2. The van der Waals surface area contributed by atoms with Crippen molar-refractivity contribution in [3.8, 4) is 5.69 Å². The summed E-state index contributed by atoms with van der Waals surface area (Å²) in [5, 5.41) is 10.3. The van der Waals surface area contributed by atoms with Crippen LogP contribution in [0, 0.1) is 6.92 Å². The lowest BCUT2D eigenvalue weighted by Gasteiger charge is -2.11. The predicted octanol–water partition coefficient (Wildman–Crippen LogP) is 3.64. The van der Waals surface area contributed by atoms with Gasteiger partial charge in [-0.15, -0.1) is 0 Å². The Hall–Kier alpha value is -2.55. The van der Waals surface area contributed by atoms with Crippen molar-refractivity contribution in [3.05, 3.63) is 65.9 Å². The van der Waals surface area contributed by atoms with Crippen molar-refractivity contribution in [1.82, 2.24) is 4.57 Å². The average molecular weight is 251 g/mol. The molecule has 94 valence electrons. The summed E-state index contributed by atoms with van der Waals surface area (Å²) in [5.74, 6) is -0.917. The second kappa shape index (κ2) is 4.28. The number of hydrogen-bond donors (Lipinski definition) is 1. The van der Waals surface area contributed by atoms with Crippen molar-refractivity contribution in [3.63, 3.8) is 0 Å². The minimum absolute atomic E-state index is 0.288. The Labute approximate surface area is 110 Å². The molecule has 19 heavy (non-hydrogen) atoms. The van der Waals surface area contributed by atoms with Gasteiger partial charge in [0.1, 0.15) is 5.69 Å². The summed E-state index contributed by atoms with van der Waals surface area (Å²) < 4.78 is 1.80. The Morgan fingerprint density at radius 1 is 1.05 bits per heavy atom. The van der Waals surface area contributed by atoms with E-state index < -0.39 is 5.97 Å². The predicted molar refractivity (Wildman–Crippen MR) is 75.0 cm³/mol. The van der Waals surface area contributed by atoms with Gasteiger partial charge in [-0.05, 0) is 30.7 Å². The summed E-state index contributed by atoms with van der Waals surface area (Å²) in [4.78, 5) is 11.5. The Kier molecular flexibility index (Phi) is 2.60. The van der Waals surface area contributed by atoms with Crippen LogP contribution in [-0.4, -0.2) is 15.6 Å². The molecule has 3 aromatic rings. The maximum absolute atomic E-state index is 11.5. The number of aromatic nitrogens is 1. The van der Waals surface area contributed by atoms with Crippen molar-refractivity contribution in [1.29, 1.82) is 0 Å². The number of rotatable bonds is 2. The molecular formula is C16H13NO2. The maximum Gasteiger partial charge on any atom is 0.352 e. The molecular weight excluding hydrogens is 238 g/mol.